The average Bonchev–Trinajstić information content (AvgIpc) is 2.94. The first kappa shape index (κ1) is 22.7. The van der Waals surface area contributed by atoms with Crippen LogP contribution in [0, 0.1) is 11.8 Å². The number of fused-ring (bicyclic) bond motifs is 2. The van der Waals surface area contributed by atoms with Gasteiger partial charge in [-0.25, -0.2) is 0 Å². The van der Waals surface area contributed by atoms with Gasteiger partial charge in [0.25, 0.3) is 0 Å². The summed E-state index contributed by atoms with van der Waals surface area (Å²) in [5, 5.41) is 0. The molecule has 1 saturated carbocycles. The third kappa shape index (κ3) is 3.94. The minimum absolute atomic E-state index is 0.338. The van der Waals surface area contributed by atoms with Gasteiger partial charge in [0.2, 0.25) is 0 Å². The molecular formula is C32H38N2O. The first-order chi connectivity index (χ1) is 17.3. The van der Waals surface area contributed by atoms with E-state index in [2.05, 4.69) is 102 Å². The Morgan fingerprint density at radius 1 is 0.771 bits per heavy atom. The molecule has 3 heteroatoms. The van der Waals surface area contributed by atoms with Gasteiger partial charge in [-0.15, -0.1) is 0 Å². The van der Waals surface area contributed by atoms with Gasteiger partial charge in [0.05, 0.1) is 12.8 Å². The third-order valence-electron chi connectivity index (χ3n) is 9.22. The first-order valence-electron chi connectivity index (χ1n) is 13.5. The molecule has 35 heavy (non-hydrogen) atoms. The van der Waals surface area contributed by atoms with E-state index in [1.807, 2.05) is 0 Å². The summed E-state index contributed by atoms with van der Waals surface area (Å²) in [5.41, 5.74) is 4.08. The van der Waals surface area contributed by atoms with Crippen LogP contribution < -0.4 is 9.64 Å². The van der Waals surface area contributed by atoms with E-state index < -0.39 is 0 Å². The lowest BCUT2D eigenvalue weighted by molar-refractivity contribution is -0.0894. The maximum atomic E-state index is 5.85. The highest BCUT2D eigenvalue weighted by atomic mass is 16.5. The van der Waals surface area contributed by atoms with Gasteiger partial charge in [-0.1, -0.05) is 85.6 Å². The van der Waals surface area contributed by atoms with Crippen LogP contribution in [-0.4, -0.2) is 43.7 Å². The molecule has 4 aliphatic rings. The Morgan fingerprint density at radius 3 is 2.09 bits per heavy atom. The lowest BCUT2D eigenvalue weighted by atomic mass is 9.60. The Kier molecular flexibility index (Phi) is 6.28. The molecule has 0 amide bonds. The molecule has 3 nitrogen and oxygen atoms in total. The molecule has 6 atom stereocenters. The van der Waals surface area contributed by atoms with Crippen LogP contribution in [0.2, 0.25) is 0 Å². The molecule has 3 heterocycles. The number of benzene rings is 3. The molecule has 3 aliphatic heterocycles. The van der Waals surface area contributed by atoms with Crippen LogP contribution in [0.5, 0.6) is 5.75 Å². The normalized spacial score (nSPS) is 29.6. The smallest absolute Gasteiger partial charge is 0.142 e. The van der Waals surface area contributed by atoms with Gasteiger partial charge in [-0.2, -0.15) is 0 Å². The van der Waals surface area contributed by atoms with Crippen molar-refractivity contribution >= 4 is 5.69 Å². The first-order valence-corrected chi connectivity index (χ1v) is 13.5. The maximum absolute atomic E-state index is 5.85. The fourth-order valence-corrected chi connectivity index (χ4v) is 7.87. The van der Waals surface area contributed by atoms with Crippen molar-refractivity contribution in [2.75, 3.05) is 25.6 Å². The van der Waals surface area contributed by atoms with Gasteiger partial charge >= 0.3 is 0 Å². The summed E-state index contributed by atoms with van der Waals surface area (Å²) in [5.74, 6) is 2.83. The van der Waals surface area contributed by atoms with Crippen molar-refractivity contribution < 1.29 is 4.74 Å². The summed E-state index contributed by atoms with van der Waals surface area (Å²) < 4.78 is 5.85. The third-order valence-corrected chi connectivity index (χ3v) is 9.22. The molecule has 3 aromatic rings. The summed E-state index contributed by atoms with van der Waals surface area (Å²) in [4.78, 5) is 5.54. The number of hydrogen-bond donors (Lipinski definition) is 0. The van der Waals surface area contributed by atoms with Gasteiger partial charge in [0, 0.05) is 31.1 Å². The molecular weight excluding hydrogens is 428 g/mol. The lowest BCUT2D eigenvalue weighted by Gasteiger charge is -2.64. The van der Waals surface area contributed by atoms with E-state index in [1.54, 1.807) is 7.11 Å². The number of para-hydroxylation sites is 2. The Hall–Kier alpha value is -2.78. The number of hydrogen-bond acceptors (Lipinski definition) is 3. The van der Waals surface area contributed by atoms with Crippen molar-refractivity contribution in [2.45, 2.75) is 56.1 Å². The van der Waals surface area contributed by atoms with Crippen LogP contribution in [0.4, 0.5) is 5.69 Å². The van der Waals surface area contributed by atoms with E-state index in [-0.39, 0.29) is 0 Å². The van der Waals surface area contributed by atoms with Crippen LogP contribution in [0.3, 0.4) is 0 Å². The molecule has 1 aliphatic carbocycles. The zero-order valence-electron chi connectivity index (χ0n) is 21.1. The molecule has 7 rings (SSSR count). The van der Waals surface area contributed by atoms with Crippen molar-refractivity contribution in [1.82, 2.24) is 4.90 Å². The Balaban J connectivity index is 1.51. The lowest BCUT2D eigenvalue weighted by Crippen LogP contribution is -2.71. The minimum Gasteiger partial charge on any atom is -0.495 e. The fourth-order valence-electron chi connectivity index (χ4n) is 7.87. The second kappa shape index (κ2) is 9.70. The Bertz CT molecular complexity index is 1080. The number of ether oxygens (including phenoxy) is 1. The van der Waals surface area contributed by atoms with Crippen LogP contribution >= 0.6 is 0 Å². The van der Waals surface area contributed by atoms with E-state index in [0.717, 1.165) is 17.7 Å². The topological polar surface area (TPSA) is 15.7 Å². The molecule has 3 saturated heterocycles. The van der Waals surface area contributed by atoms with Crippen LogP contribution in [-0.2, 0) is 0 Å². The van der Waals surface area contributed by atoms with Crippen LogP contribution in [0.25, 0.3) is 0 Å². The second-order valence-corrected chi connectivity index (χ2v) is 10.8. The largest absolute Gasteiger partial charge is 0.495 e. The molecule has 3 aromatic carbocycles. The van der Waals surface area contributed by atoms with E-state index in [4.69, 9.17) is 4.74 Å². The summed E-state index contributed by atoms with van der Waals surface area (Å²) >= 11 is 0. The van der Waals surface area contributed by atoms with Gasteiger partial charge < -0.3 is 9.64 Å². The number of nitrogens with zero attached hydrogens (tertiary/aromatic N) is 2. The molecule has 5 unspecified atom stereocenters. The summed E-state index contributed by atoms with van der Waals surface area (Å²) in [6, 6.07) is 32.7. The predicted molar refractivity (Wildman–Crippen MR) is 144 cm³/mol. The minimum atomic E-state index is 0.338. The number of rotatable bonds is 6. The zero-order chi connectivity index (χ0) is 23.8. The molecule has 4 fully saturated rings. The monoisotopic (exact) mass is 466 g/mol. The van der Waals surface area contributed by atoms with Crippen molar-refractivity contribution in [3.63, 3.8) is 0 Å². The van der Waals surface area contributed by atoms with Gasteiger partial charge in [0.15, 0.2) is 0 Å². The van der Waals surface area contributed by atoms with Crippen molar-refractivity contribution in [2.24, 2.45) is 11.8 Å². The van der Waals surface area contributed by atoms with Crippen molar-refractivity contribution in [1.29, 1.82) is 0 Å². The van der Waals surface area contributed by atoms with Gasteiger partial charge in [-0.05, 0) is 60.9 Å². The average molecular weight is 467 g/mol. The highest BCUT2D eigenvalue weighted by molar-refractivity contribution is 5.59. The summed E-state index contributed by atoms with van der Waals surface area (Å²) in [6.07, 6.45) is 6.82. The number of likely N-dealkylation sites (N-methyl/N-ethyl adjacent to an activating group) is 1. The quantitative estimate of drug-likeness (QED) is 0.407. The van der Waals surface area contributed by atoms with Crippen molar-refractivity contribution in [3.8, 4) is 5.75 Å². The Morgan fingerprint density at radius 2 is 1.40 bits per heavy atom. The highest BCUT2D eigenvalue weighted by Crippen LogP contribution is 2.53. The van der Waals surface area contributed by atoms with Gasteiger partial charge in [0.1, 0.15) is 5.75 Å². The van der Waals surface area contributed by atoms with Crippen LogP contribution in [0.1, 0.15) is 49.1 Å². The number of methoxy groups -OCH3 is 1. The summed E-state index contributed by atoms with van der Waals surface area (Å²) in [6.45, 7) is 1.23. The zero-order valence-corrected chi connectivity index (χ0v) is 21.1. The standard InChI is InChI=1S/C32H38N2O/c1-33(28-19-11-12-20-29(28)35-2)31-26-21-22-34(27-18-10-9-17-25(26)27)32(31)30(23-13-5-3-6-14-23)24-15-7-4-8-16-24/h3-8,11-16,19-20,25-27,30-32H,9-10,17-18,21-22H2,1-2H3/t25?,26?,27?,31?,32-/m1/s1. The Labute approximate surface area is 210 Å². The molecule has 0 aromatic heterocycles. The molecule has 2 bridgehead atoms. The summed E-state index contributed by atoms with van der Waals surface area (Å²) in [7, 11) is 4.12. The van der Waals surface area contributed by atoms with Gasteiger partial charge in [-0.3, -0.25) is 4.90 Å². The van der Waals surface area contributed by atoms with Crippen LogP contribution in [0.15, 0.2) is 84.9 Å². The predicted octanol–water partition coefficient (Wildman–Crippen LogP) is 6.60. The van der Waals surface area contributed by atoms with Crippen molar-refractivity contribution in [3.05, 3.63) is 96.1 Å². The van der Waals surface area contributed by atoms with E-state index >= 15 is 0 Å². The maximum Gasteiger partial charge on any atom is 0.142 e. The highest BCUT2D eigenvalue weighted by Gasteiger charge is 2.56. The SMILES string of the molecule is COc1ccccc1N(C)C1C2CCN(C3CCCCC23)[C@@H]1C(c1ccccc1)c1ccccc1. The fraction of sp³-hybridized carbons (Fsp3) is 0.438. The molecule has 0 spiro atoms. The molecule has 0 N–H and O–H groups in total. The van der Waals surface area contributed by atoms with E-state index in [0.29, 0.717) is 23.9 Å². The number of anilines is 1. The number of piperidine rings is 3. The molecule has 182 valence electrons. The second-order valence-electron chi connectivity index (χ2n) is 10.8. The molecule has 0 radical (unpaired) electrons. The van der Waals surface area contributed by atoms with E-state index in [9.17, 15) is 0 Å². The van der Waals surface area contributed by atoms with E-state index in [1.165, 1.54) is 55.5 Å².